The van der Waals surface area contributed by atoms with Crippen molar-refractivity contribution in [3.05, 3.63) is 42.0 Å². The zero-order valence-electron chi connectivity index (χ0n) is 11.5. The zero-order chi connectivity index (χ0) is 14.5. The van der Waals surface area contributed by atoms with Gasteiger partial charge in [0.05, 0.1) is 0 Å². The number of hydrogen-bond donors (Lipinski definition) is 0. The number of hydrogen-bond acceptors (Lipinski definition) is 4. The molecule has 0 fully saturated rings. The molecule has 2 aromatic carbocycles. The van der Waals surface area contributed by atoms with Crippen molar-refractivity contribution >= 4 is 26.6 Å². The molecule has 0 N–H and O–H groups in total. The van der Waals surface area contributed by atoms with Crippen LogP contribution in [-0.4, -0.2) is 25.4 Å². The third-order valence-corrected chi connectivity index (χ3v) is 4.45. The predicted octanol–water partition coefficient (Wildman–Crippen LogP) is 2.44. The molecule has 1 aliphatic heterocycles. The average molecular weight is 290 g/mol. The molecule has 0 saturated carbocycles. The van der Waals surface area contributed by atoms with Crippen molar-refractivity contribution in [2.45, 2.75) is 19.3 Å². The quantitative estimate of drug-likeness (QED) is 0.797. The largest absolute Gasteiger partial charge is 0.747 e. The highest BCUT2D eigenvalue weighted by atomic mass is 32.2. The van der Waals surface area contributed by atoms with Crippen LogP contribution in [0.2, 0.25) is 0 Å². The van der Waals surface area contributed by atoms with E-state index in [4.69, 9.17) is 0 Å². The van der Waals surface area contributed by atoms with Gasteiger partial charge in [-0.25, -0.2) is 8.42 Å². The zero-order valence-corrected chi connectivity index (χ0v) is 12.3. The molecule has 0 aliphatic carbocycles. The van der Waals surface area contributed by atoms with Gasteiger partial charge >= 0.3 is 0 Å². The lowest BCUT2D eigenvalue weighted by Crippen LogP contribution is -2.32. The van der Waals surface area contributed by atoms with Crippen LogP contribution in [0.5, 0.6) is 0 Å². The summed E-state index contributed by atoms with van der Waals surface area (Å²) < 4.78 is 33.2. The Hall–Kier alpha value is -1.59. The van der Waals surface area contributed by atoms with Crippen LogP contribution in [0, 0.1) is 0 Å². The first-order chi connectivity index (χ1) is 9.28. The molecule has 1 aliphatic rings. The first-order valence-corrected chi connectivity index (χ1v) is 8.06. The van der Waals surface area contributed by atoms with Crippen molar-refractivity contribution in [3.63, 3.8) is 0 Å². The van der Waals surface area contributed by atoms with E-state index in [-0.39, 0.29) is 5.41 Å². The van der Waals surface area contributed by atoms with Gasteiger partial charge < -0.3 is 9.45 Å². The van der Waals surface area contributed by atoms with Crippen molar-refractivity contribution < 1.29 is 13.0 Å². The maximum absolute atomic E-state index is 11.1. The van der Waals surface area contributed by atoms with Crippen LogP contribution in [0.25, 0.3) is 10.8 Å². The summed E-state index contributed by atoms with van der Waals surface area (Å²) in [6, 6.07) is 11.9. The van der Waals surface area contributed by atoms with E-state index in [2.05, 4.69) is 13.8 Å². The molecule has 4 nitrogen and oxygen atoms in total. The SMILES string of the molecule is CC1(C)CN(CS(=O)(=O)[O-])c2ccc3ccccc3c21. The van der Waals surface area contributed by atoms with Gasteiger partial charge in [-0.2, -0.15) is 0 Å². The average Bonchev–Trinajstić information content (AvgIpc) is 2.59. The molecule has 0 bridgehead atoms. The topological polar surface area (TPSA) is 60.4 Å². The highest BCUT2D eigenvalue weighted by Gasteiger charge is 2.36. The molecule has 0 amide bonds. The van der Waals surface area contributed by atoms with E-state index >= 15 is 0 Å². The van der Waals surface area contributed by atoms with E-state index in [1.54, 1.807) is 4.90 Å². The third-order valence-electron chi connectivity index (χ3n) is 3.82. The van der Waals surface area contributed by atoms with Gasteiger partial charge in [-0.1, -0.05) is 44.2 Å². The van der Waals surface area contributed by atoms with E-state index in [9.17, 15) is 13.0 Å². The lowest BCUT2D eigenvalue weighted by molar-refractivity contribution is 0.459. The van der Waals surface area contributed by atoms with Crippen molar-refractivity contribution in [3.8, 4) is 0 Å². The van der Waals surface area contributed by atoms with Crippen molar-refractivity contribution in [2.75, 3.05) is 17.3 Å². The minimum absolute atomic E-state index is 0.180. The summed E-state index contributed by atoms with van der Waals surface area (Å²) in [6.07, 6.45) is 0. The van der Waals surface area contributed by atoms with E-state index in [1.165, 1.54) is 0 Å². The van der Waals surface area contributed by atoms with Gasteiger partial charge in [0.15, 0.2) is 0 Å². The lowest BCUT2D eigenvalue weighted by atomic mass is 9.84. The summed E-state index contributed by atoms with van der Waals surface area (Å²) in [4.78, 5) is 1.67. The van der Waals surface area contributed by atoms with Crippen LogP contribution in [0.15, 0.2) is 36.4 Å². The molecule has 0 atom stereocenters. The molecular weight excluding hydrogens is 274 g/mol. The molecule has 106 valence electrons. The first-order valence-electron chi connectivity index (χ1n) is 6.49. The van der Waals surface area contributed by atoms with Crippen molar-refractivity contribution in [2.24, 2.45) is 0 Å². The Bertz CT molecular complexity index is 781. The fourth-order valence-corrected chi connectivity index (χ4v) is 3.79. The minimum atomic E-state index is -4.28. The van der Waals surface area contributed by atoms with Gasteiger partial charge in [0.25, 0.3) is 0 Å². The van der Waals surface area contributed by atoms with Crippen LogP contribution in [-0.2, 0) is 15.5 Å². The van der Waals surface area contributed by atoms with E-state index in [1.807, 2.05) is 36.4 Å². The molecular formula is C15H16NO3S-. The Balaban J connectivity index is 2.22. The van der Waals surface area contributed by atoms with Crippen molar-refractivity contribution in [1.82, 2.24) is 0 Å². The fourth-order valence-electron chi connectivity index (χ4n) is 3.18. The predicted molar refractivity (Wildman–Crippen MR) is 78.9 cm³/mol. The van der Waals surface area contributed by atoms with Gasteiger partial charge in [0, 0.05) is 17.6 Å². The molecule has 0 spiro atoms. The third kappa shape index (κ3) is 2.17. The minimum Gasteiger partial charge on any atom is -0.747 e. The summed E-state index contributed by atoms with van der Waals surface area (Å²) in [5.41, 5.74) is 1.80. The van der Waals surface area contributed by atoms with E-state index in [0.29, 0.717) is 6.54 Å². The highest BCUT2D eigenvalue weighted by molar-refractivity contribution is 7.85. The molecule has 3 rings (SSSR count). The molecule has 20 heavy (non-hydrogen) atoms. The summed E-state index contributed by atoms with van der Waals surface area (Å²) in [7, 11) is -4.28. The van der Waals surface area contributed by atoms with Crippen LogP contribution in [0.1, 0.15) is 19.4 Å². The summed E-state index contributed by atoms with van der Waals surface area (Å²) in [5.74, 6) is -0.470. The number of anilines is 1. The molecule has 5 heteroatoms. The maximum atomic E-state index is 11.1. The smallest absolute Gasteiger partial charge is 0.113 e. The lowest BCUT2D eigenvalue weighted by Gasteiger charge is -2.23. The molecule has 0 unspecified atom stereocenters. The second kappa shape index (κ2) is 4.20. The Morgan fingerprint density at radius 2 is 1.90 bits per heavy atom. The fraction of sp³-hybridized carbons (Fsp3) is 0.333. The van der Waals surface area contributed by atoms with Crippen LogP contribution in [0.4, 0.5) is 5.69 Å². The van der Waals surface area contributed by atoms with Crippen molar-refractivity contribution in [1.29, 1.82) is 0 Å². The molecule has 0 radical (unpaired) electrons. The summed E-state index contributed by atoms with van der Waals surface area (Å²) in [5, 5.41) is 2.26. The normalized spacial score (nSPS) is 17.4. The summed E-state index contributed by atoms with van der Waals surface area (Å²) >= 11 is 0. The highest BCUT2D eigenvalue weighted by Crippen LogP contribution is 2.44. The molecule has 0 aromatic heterocycles. The second-order valence-electron chi connectivity index (χ2n) is 5.95. The van der Waals surface area contributed by atoms with Gasteiger partial charge in [-0.15, -0.1) is 0 Å². The van der Waals surface area contributed by atoms with Gasteiger partial charge in [-0.3, -0.25) is 0 Å². The maximum Gasteiger partial charge on any atom is 0.113 e. The Labute approximate surface area is 118 Å². The second-order valence-corrected chi connectivity index (χ2v) is 7.32. The summed E-state index contributed by atoms with van der Waals surface area (Å²) in [6.45, 7) is 4.70. The van der Waals surface area contributed by atoms with Crippen LogP contribution < -0.4 is 4.90 Å². The van der Waals surface area contributed by atoms with E-state index in [0.717, 1.165) is 22.0 Å². The van der Waals surface area contributed by atoms with Gasteiger partial charge in [-0.05, 0) is 22.4 Å². The van der Waals surface area contributed by atoms with Crippen LogP contribution >= 0.6 is 0 Å². The monoisotopic (exact) mass is 290 g/mol. The Kier molecular flexibility index (Phi) is 2.81. The number of benzene rings is 2. The standard InChI is InChI=1S/C15H17NO3S/c1-15(2)9-16(10-20(17,18)19)13-8-7-11-5-3-4-6-12(11)14(13)15/h3-8H,9-10H2,1-2H3,(H,17,18,19)/p-1. The molecule has 2 aromatic rings. The number of rotatable bonds is 2. The molecule has 1 heterocycles. The first kappa shape index (κ1) is 13.4. The molecule has 0 saturated heterocycles. The van der Waals surface area contributed by atoms with Gasteiger partial charge in [0.2, 0.25) is 0 Å². The van der Waals surface area contributed by atoms with E-state index < -0.39 is 16.0 Å². The van der Waals surface area contributed by atoms with Crippen LogP contribution in [0.3, 0.4) is 0 Å². The Morgan fingerprint density at radius 3 is 2.60 bits per heavy atom. The number of fused-ring (bicyclic) bond motifs is 3. The van der Waals surface area contributed by atoms with Gasteiger partial charge in [0.1, 0.15) is 16.0 Å². The number of nitrogens with zero attached hydrogens (tertiary/aromatic N) is 1. The Morgan fingerprint density at radius 1 is 1.20 bits per heavy atom.